The zero-order valence-electron chi connectivity index (χ0n) is 12.6. The number of benzene rings is 1. The normalized spacial score (nSPS) is 17.4. The molecule has 1 aliphatic rings. The number of amides is 2. The SMILES string of the molecule is CC(=O)c1cccc(NC(=O)/N=C2/CCCCCN2C)c1. The van der Waals surface area contributed by atoms with Gasteiger partial charge in [0, 0.05) is 31.3 Å². The molecule has 1 fully saturated rings. The molecule has 1 aromatic rings. The van der Waals surface area contributed by atoms with Gasteiger partial charge in [0.25, 0.3) is 0 Å². The van der Waals surface area contributed by atoms with E-state index < -0.39 is 0 Å². The van der Waals surface area contributed by atoms with Crippen LogP contribution in [0, 0.1) is 0 Å². The minimum atomic E-state index is -0.389. The minimum Gasteiger partial charge on any atom is -0.363 e. The van der Waals surface area contributed by atoms with E-state index in [0.29, 0.717) is 11.3 Å². The number of carbonyl (C=O) groups is 2. The fourth-order valence-electron chi connectivity index (χ4n) is 2.35. The summed E-state index contributed by atoms with van der Waals surface area (Å²) >= 11 is 0. The van der Waals surface area contributed by atoms with E-state index >= 15 is 0 Å². The van der Waals surface area contributed by atoms with Gasteiger partial charge in [-0.15, -0.1) is 0 Å². The second-order valence-electron chi connectivity index (χ2n) is 5.33. The second kappa shape index (κ2) is 7.02. The predicted octanol–water partition coefficient (Wildman–Crippen LogP) is 3.33. The molecule has 0 saturated carbocycles. The first-order chi connectivity index (χ1) is 10.1. The van der Waals surface area contributed by atoms with Gasteiger partial charge in [0.05, 0.1) is 0 Å². The van der Waals surface area contributed by atoms with Gasteiger partial charge in [-0.2, -0.15) is 4.99 Å². The van der Waals surface area contributed by atoms with Crippen LogP contribution >= 0.6 is 0 Å². The molecule has 1 saturated heterocycles. The molecule has 5 heteroatoms. The molecule has 21 heavy (non-hydrogen) atoms. The Balaban J connectivity index is 2.07. The van der Waals surface area contributed by atoms with Gasteiger partial charge in [0.2, 0.25) is 0 Å². The maximum atomic E-state index is 12.0. The van der Waals surface area contributed by atoms with E-state index in [0.717, 1.165) is 31.6 Å². The number of carbonyl (C=O) groups excluding carboxylic acids is 2. The minimum absolute atomic E-state index is 0.0269. The monoisotopic (exact) mass is 287 g/mol. The van der Waals surface area contributed by atoms with Crippen molar-refractivity contribution in [2.75, 3.05) is 18.9 Å². The van der Waals surface area contributed by atoms with Crippen molar-refractivity contribution in [3.8, 4) is 0 Å². The van der Waals surface area contributed by atoms with Gasteiger partial charge in [-0.05, 0) is 31.9 Å². The van der Waals surface area contributed by atoms with Crippen molar-refractivity contribution in [2.24, 2.45) is 4.99 Å². The van der Waals surface area contributed by atoms with Crippen LogP contribution in [0.3, 0.4) is 0 Å². The zero-order chi connectivity index (χ0) is 15.2. The van der Waals surface area contributed by atoms with E-state index in [4.69, 9.17) is 0 Å². The van der Waals surface area contributed by atoms with Crippen LogP contribution < -0.4 is 5.32 Å². The van der Waals surface area contributed by atoms with Gasteiger partial charge in [-0.1, -0.05) is 18.6 Å². The molecule has 1 N–H and O–H groups in total. The molecule has 1 aliphatic heterocycles. The molecule has 2 amide bonds. The van der Waals surface area contributed by atoms with Crippen LogP contribution in [0.2, 0.25) is 0 Å². The standard InChI is InChI=1S/C16H21N3O2/c1-12(20)13-7-6-8-14(11-13)17-16(21)18-15-9-4-3-5-10-19(15)2/h6-8,11H,3-5,9-10H2,1-2H3,(H,17,21)/b18-15-. The molecule has 5 nitrogen and oxygen atoms in total. The third kappa shape index (κ3) is 4.41. The average Bonchev–Trinajstić information content (AvgIpc) is 2.64. The highest BCUT2D eigenvalue weighted by atomic mass is 16.2. The first-order valence-electron chi connectivity index (χ1n) is 7.27. The van der Waals surface area contributed by atoms with Crippen LogP contribution in [0.4, 0.5) is 10.5 Å². The lowest BCUT2D eigenvalue weighted by atomic mass is 10.1. The average molecular weight is 287 g/mol. The number of nitrogens with zero attached hydrogens (tertiary/aromatic N) is 2. The molecule has 2 rings (SSSR count). The molecule has 0 bridgehead atoms. The molecule has 0 unspecified atom stereocenters. The van der Waals surface area contributed by atoms with E-state index in [-0.39, 0.29) is 11.8 Å². The molecular weight excluding hydrogens is 266 g/mol. The van der Waals surface area contributed by atoms with Gasteiger partial charge in [-0.3, -0.25) is 4.79 Å². The molecule has 1 heterocycles. The van der Waals surface area contributed by atoms with Crippen molar-refractivity contribution < 1.29 is 9.59 Å². The number of rotatable bonds is 2. The Morgan fingerprint density at radius 3 is 2.81 bits per heavy atom. The van der Waals surface area contributed by atoms with Gasteiger partial charge in [0.15, 0.2) is 5.78 Å². The Morgan fingerprint density at radius 1 is 1.24 bits per heavy atom. The predicted molar refractivity (Wildman–Crippen MR) is 84.0 cm³/mol. The van der Waals surface area contributed by atoms with Crippen molar-refractivity contribution in [1.82, 2.24) is 4.90 Å². The number of aliphatic imine (C=N–C) groups is 1. The van der Waals surface area contributed by atoms with E-state index in [2.05, 4.69) is 10.3 Å². The van der Waals surface area contributed by atoms with E-state index in [1.807, 2.05) is 11.9 Å². The summed E-state index contributed by atoms with van der Waals surface area (Å²) in [5, 5.41) is 2.72. The molecule has 0 atom stereocenters. The fourth-order valence-corrected chi connectivity index (χ4v) is 2.35. The lowest BCUT2D eigenvalue weighted by Gasteiger charge is -2.17. The van der Waals surface area contributed by atoms with Crippen LogP contribution in [0.1, 0.15) is 43.0 Å². The van der Waals surface area contributed by atoms with Gasteiger partial charge in [-0.25, -0.2) is 4.79 Å². The summed E-state index contributed by atoms with van der Waals surface area (Å²) in [6.07, 6.45) is 4.21. The van der Waals surface area contributed by atoms with Crippen molar-refractivity contribution in [3.63, 3.8) is 0 Å². The highest BCUT2D eigenvalue weighted by Crippen LogP contribution is 2.13. The number of Topliss-reactive ketones (excluding diaryl/α,β-unsaturated/α-hetero) is 1. The van der Waals surface area contributed by atoms with Gasteiger partial charge in [0.1, 0.15) is 5.84 Å². The zero-order valence-corrected chi connectivity index (χ0v) is 12.6. The topological polar surface area (TPSA) is 61.8 Å². The van der Waals surface area contributed by atoms with Gasteiger partial charge >= 0.3 is 6.03 Å². The largest absolute Gasteiger partial charge is 0.363 e. The number of urea groups is 1. The molecule has 1 aromatic carbocycles. The number of amidine groups is 1. The number of likely N-dealkylation sites (tertiary alicyclic amines) is 1. The highest BCUT2D eigenvalue weighted by molar-refractivity contribution is 6.01. The molecule has 0 spiro atoms. The lowest BCUT2D eigenvalue weighted by Crippen LogP contribution is -2.27. The van der Waals surface area contributed by atoms with Crippen LogP contribution in [-0.2, 0) is 0 Å². The quantitative estimate of drug-likeness (QED) is 0.849. The van der Waals surface area contributed by atoms with Crippen molar-refractivity contribution in [1.29, 1.82) is 0 Å². The maximum Gasteiger partial charge on any atom is 0.347 e. The third-order valence-electron chi connectivity index (χ3n) is 3.59. The van der Waals surface area contributed by atoms with E-state index in [9.17, 15) is 9.59 Å². The summed E-state index contributed by atoms with van der Waals surface area (Å²) in [6.45, 7) is 2.44. The number of nitrogens with one attached hydrogen (secondary N) is 1. The summed E-state index contributed by atoms with van der Waals surface area (Å²) in [6, 6.07) is 6.50. The van der Waals surface area contributed by atoms with Crippen LogP contribution in [0.15, 0.2) is 29.3 Å². The van der Waals surface area contributed by atoms with Gasteiger partial charge < -0.3 is 10.2 Å². The van der Waals surface area contributed by atoms with Crippen molar-refractivity contribution in [3.05, 3.63) is 29.8 Å². The third-order valence-corrected chi connectivity index (χ3v) is 3.59. The number of ketones is 1. The number of hydrogen-bond acceptors (Lipinski definition) is 2. The second-order valence-corrected chi connectivity index (χ2v) is 5.33. The van der Waals surface area contributed by atoms with Crippen molar-refractivity contribution >= 4 is 23.3 Å². The fraction of sp³-hybridized carbons (Fsp3) is 0.438. The van der Waals surface area contributed by atoms with Crippen LogP contribution in [0.5, 0.6) is 0 Å². The summed E-state index contributed by atoms with van der Waals surface area (Å²) < 4.78 is 0. The first kappa shape index (κ1) is 15.2. The summed E-state index contributed by atoms with van der Waals surface area (Å²) in [5.74, 6) is 0.800. The molecule has 0 aliphatic carbocycles. The Labute approximate surface area is 125 Å². The molecule has 112 valence electrons. The Hall–Kier alpha value is -2.17. The molecular formula is C16H21N3O2. The maximum absolute atomic E-state index is 12.0. The first-order valence-corrected chi connectivity index (χ1v) is 7.27. The smallest absolute Gasteiger partial charge is 0.347 e. The van der Waals surface area contributed by atoms with Crippen LogP contribution in [-0.4, -0.2) is 36.1 Å². The Kier molecular flexibility index (Phi) is 5.09. The van der Waals surface area contributed by atoms with E-state index in [1.165, 1.54) is 13.3 Å². The lowest BCUT2D eigenvalue weighted by molar-refractivity contribution is 0.101. The summed E-state index contributed by atoms with van der Waals surface area (Å²) in [5.41, 5.74) is 1.17. The molecule has 0 radical (unpaired) electrons. The van der Waals surface area contributed by atoms with Crippen LogP contribution in [0.25, 0.3) is 0 Å². The molecule has 0 aromatic heterocycles. The Morgan fingerprint density at radius 2 is 2.05 bits per heavy atom. The Bertz CT molecular complexity index is 566. The summed E-state index contributed by atoms with van der Waals surface area (Å²) in [7, 11) is 1.97. The van der Waals surface area contributed by atoms with E-state index in [1.54, 1.807) is 24.3 Å². The number of hydrogen-bond donors (Lipinski definition) is 1. The highest BCUT2D eigenvalue weighted by Gasteiger charge is 2.13. The number of anilines is 1. The summed E-state index contributed by atoms with van der Waals surface area (Å²) in [4.78, 5) is 29.5. The van der Waals surface area contributed by atoms with Crippen molar-refractivity contribution in [2.45, 2.75) is 32.6 Å².